The SMILES string of the molecule is CC(C)(C)c1cc(CC(=O)[C@@H]2CCN2)sn1.CC(C)(C)c1cc(CC(=O)[C@@H]2CCN2C2CCOCC2)sn1.CC(C)(C)c1cc(CC(=O)[C@@H]2CCN2C2CCOCC2)sn1.Cl. The molecule has 0 aromatic carbocycles. The molecule has 0 amide bonds. The van der Waals surface area contributed by atoms with Crippen molar-refractivity contribution >= 4 is 64.4 Å². The van der Waals surface area contributed by atoms with Gasteiger partial charge in [0.15, 0.2) is 17.3 Å². The van der Waals surface area contributed by atoms with Crippen LogP contribution in [0.1, 0.15) is 139 Å². The molecule has 0 unspecified atom stereocenters. The van der Waals surface area contributed by atoms with Crippen LogP contribution in [0.3, 0.4) is 0 Å². The summed E-state index contributed by atoms with van der Waals surface area (Å²) in [6.07, 6.45) is 8.90. The molecule has 340 valence electrons. The molecule has 8 heterocycles. The van der Waals surface area contributed by atoms with Crippen molar-refractivity contribution in [1.82, 2.24) is 28.2 Å². The van der Waals surface area contributed by atoms with Crippen molar-refractivity contribution in [2.75, 3.05) is 46.1 Å². The number of carbonyl (C=O) groups excluding carboxylic acids is 3. The Bertz CT molecular complexity index is 1780. The summed E-state index contributed by atoms with van der Waals surface area (Å²) in [6, 6.07) is 7.74. The minimum Gasteiger partial charge on any atom is -0.381 e. The second kappa shape index (κ2) is 21.8. The van der Waals surface area contributed by atoms with Crippen LogP contribution in [0.15, 0.2) is 18.2 Å². The predicted molar refractivity (Wildman–Crippen MR) is 250 cm³/mol. The molecule has 5 saturated heterocycles. The zero-order chi connectivity index (χ0) is 43.2. The van der Waals surface area contributed by atoms with E-state index in [1.54, 1.807) is 0 Å². The third-order valence-electron chi connectivity index (χ3n) is 12.4. The van der Waals surface area contributed by atoms with Crippen molar-refractivity contribution in [2.45, 2.75) is 173 Å². The highest BCUT2D eigenvalue weighted by atomic mass is 35.5. The summed E-state index contributed by atoms with van der Waals surface area (Å²) >= 11 is 4.43. The number of halogens is 1. The van der Waals surface area contributed by atoms with Gasteiger partial charge in [-0.15, -0.1) is 12.4 Å². The number of ketones is 3. The average molecular weight is 920 g/mol. The van der Waals surface area contributed by atoms with Crippen LogP contribution in [0.25, 0.3) is 0 Å². The number of nitrogens with zero attached hydrogens (tertiary/aromatic N) is 5. The van der Waals surface area contributed by atoms with Crippen molar-refractivity contribution in [3.8, 4) is 0 Å². The second-order valence-corrected chi connectivity index (χ2v) is 23.0. The summed E-state index contributed by atoms with van der Waals surface area (Å²) in [5.41, 5.74) is 3.46. The molecule has 0 bridgehead atoms. The van der Waals surface area contributed by atoms with Crippen molar-refractivity contribution in [3.05, 3.63) is 49.9 Å². The second-order valence-electron chi connectivity index (χ2n) is 20.3. The maximum Gasteiger partial charge on any atom is 0.155 e. The first-order valence-corrected chi connectivity index (χ1v) is 24.6. The lowest BCUT2D eigenvalue weighted by Gasteiger charge is -2.46. The van der Waals surface area contributed by atoms with Crippen LogP contribution < -0.4 is 5.32 Å². The van der Waals surface area contributed by atoms with Crippen LogP contribution >= 0.6 is 47.0 Å². The number of hydrogen-bond acceptors (Lipinski definition) is 14. The van der Waals surface area contributed by atoms with E-state index in [4.69, 9.17) is 9.47 Å². The number of likely N-dealkylation sites (tertiary alicyclic amines) is 2. The fourth-order valence-electron chi connectivity index (χ4n) is 8.10. The van der Waals surface area contributed by atoms with Gasteiger partial charge in [0, 0.05) is 102 Å². The summed E-state index contributed by atoms with van der Waals surface area (Å²) in [5.74, 6) is 1.03. The largest absolute Gasteiger partial charge is 0.381 e. The quantitative estimate of drug-likeness (QED) is 0.202. The predicted octanol–water partition coefficient (Wildman–Crippen LogP) is 7.95. The molecule has 0 spiro atoms. The van der Waals surface area contributed by atoms with Crippen LogP contribution in [0, 0.1) is 0 Å². The Morgan fingerprint density at radius 1 is 0.574 bits per heavy atom. The van der Waals surface area contributed by atoms with E-state index < -0.39 is 0 Å². The van der Waals surface area contributed by atoms with Gasteiger partial charge in [-0.1, -0.05) is 62.3 Å². The molecule has 11 nitrogen and oxygen atoms in total. The molecule has 1 N–H and O–H groups in total. The maximum absolute atomic E-state index is 12.6. The van der Waals surface area contributed by atoms with E-state index in [9.17, 15) is 14.4 Å². The molecule has 5 aliphatic heterocycles. The van der Waals surface area contributed by atoms with Crippen molar-refractivity contribution in [2.24, 2.45) is 0 Å². The lowest BCUT2D eigenvalue weighted by molar-refractivity contribution is -0.132. The molecule has 5 aliphatic rings. The van der Waals surface area contributed by atoms with Crippen LogP contribution in [0.2, 0.25) is 0 Å². The van der Waals surface area contributed by atoms with Crippen molar-refractivity contribution < 1.29 is 23.9 Å². The third kappa shape index (κ3) is 13.7. The van der Waals surface area contributed by atoms with E-state index in [0.29, 0.717) is 48.7 Å². The summed E-state index contributed by atoms with van der Waals surface area (Å²) in [7, 11) is 0. The van der Waals surface area contributed by atoms with Crippen LogP contribution in [-0.2, 0) is 59.4 Å². The number of ether oxygens (including phenoxy) is 2. The van der Waals surface area contributed by atoms with Gasteiger partial charge in [-0.2, -0.15) is 13.1 Å². The molecule has 3 aromatic rings. The van der Waals surface area contributed by atoms with E-state index in [1.165, 1.54) is 34.6 Å². The molecule has 3 atom stereocenters. The first-order valence-electron chi connectivity index (χ1n) is 22.2. The van der Waals surface area contributed by atoms with E-state index in [1.807, 2.05) is 0 Å². The summed E-state index contributed by atoms with van der Waals surface area (Å²) in [6.45, 7) is 25.8. The van der Waals surface area contributed by atoms with E-state index in [-0.39, 0.29) is 46.8 Å². The molecule has 0 saturated carbocycles. The van der Waals surface area contributed by atoms with Gasteiger partial charge in [-0.05, 0) is 104 Å². The number of carbonyl (C=O) groups is 3. The van der Waals surface area contributed by atoms with Gasteiger partial charge in [-0.3, -0.25) is 24.2 Å². The van der Waals surface area contributed by atoms with Gasteiger partial charge in [-0.25, -0.2) is 0 Å². The van der Waals surface area contributed by atoms with Crippen LogP contribution in [-0.4, -0.2) is 117 Å². The Hall–Kier alpha value is -2.01. The van der Waals surface area contributed by atoms with Gasteiger partial charge in [0.25, 0.3) is 0 Å². The van der Waals surface area contributed by atoms with Crippen molar-refractivity contribution in [1.29, 1.82) is 0 Å². The molecule has 0 radical (unpaired) electrons. The van der Waals surface area contributed by atoms with Crippen LogP contribution in [0.4, 0.5) is 0 Å². The number of aromatic nitrogens is 3. The van der Waals surface area contributed by atoms with E-state index in [2.05, 4.69) is 109 Å². The summed E-state index contributed by atoms with van der Waals surface area (Å²) in [4.78, 5) is 45.1. The Morgan fingerprint density at radius 3 is 1.15 bits per heavy atom. The average Bonchev–Trinajstić information content (AvgIpc) is 3.90. The van der Waals surface area contributed by atoms with Gasteiger partial charge in [0.1, 0.15) is 0 Å². The number of rotatable bonds is 11. The Balaban J connectivity index is 0.000000174. The number of Topliss-reactive ketones (excluding diaryl/α,β-unsaturated/α-hetero) is 3. The smallest absolute Gasteiger partial charge is 0.155 e. The summed E-state index contributed by atoms with van der Waals surface area (Å²) < 4.78 is 24.3. The highest BCUT2D eigenvalue weighted by molar-refractivity contribution is 7.06. The zero-order valence-corrected chi connectivity index (χ0v) is 41.3. The number of hydrogen-bond donors (Lipinski definition) is 1. The first-order chi connectivity index (χ1) is 28.4. The van der Waals surface area contributed by atoms with Gasteiger partial charge in [0.05, 0.1) is 35.2 Å². The molecular weight excluding hydrogens is 848 g/mol. The molecule has 8 rings (SSSR count). The highest BCUT2D eigenvalue weighted by Crippen LogP contribution is 2.31. The van der Waals surface area contributed by atoms with E-state index in [0.717, 1.165) is 123 Å². The molecular formula is C46H71ClN6O5S3. The summed E-state index contributed by atoms with van der Waals surface area (Å²) in [5, 5.41) is 3.14. The fraction of sp³-hybridized carbons (Fsp3) is 0.739. The molecule has 3 aromatic heterocycles. The van der Waals surface area contributed by atoms with E-state index >= 15 is 0 Å². The van der Waals surface area contributed by atoms with Crippen LogP contribution in [0.5, 0.6) is 0 Å². The minimum atomic E-state index is 0. The first kappa shape index (κ1) is 50.0. The monoisotopic (exact) mass is 918 g/mol. The minimum absolute atomic E-state index is 0. The van der Waals surface area contributed by atoms with Gasteiger partial charge in [0.2, 0.25) is 0 Å². The fourth-order valence-corrected chi connectivity index (χ4v) is 10.8. The molecule has 5 fully saturated rings. The number of nitrogens with one attached hydrogen (secondary N) is 1. The third-order valence-corrected chi connectivity index (χ3v) is 14.8. The zero-order valence-electron chi connectivity index (χ0n) is 38.0. The Morgan fingerprint density at radius 2 is 0.902 bits per heavy atom. The maximum atomic E-state index is 12.6. The van der Waals surface area contributed by atoms with Gasteiger partial charge >= 0.3 is 0 Å². The highest BCUT2D eigenvalue weighted by Gasteiger charge is 2.40. The lowest BCUT2D eigenvalue weighted by atomic mass is 9.90. The Labute approximate surface area is 383 Å². The Kier molecular flexibility index (Phi) is 17.9. The van der Waals surface area contributed by atoms with Gasteiger partial charge < -0.3 is 14.8 Å². The lowest BCUT2D eigenvalue weighted by Crippen LogP contribution is -2.58. The molecule has 15 heteroatoms. The standard InChI is InChI=1S/2C17H26N2O2S.C12H18N2OS.ClH/c2*1-17(2,3)16-11-13(22-18-16)10-15(20)14-4-7-19(14)12-5-8-21-9-6-12;1-12(2,3)11-7-8(16-14-11)6-10(15)9-4-5-13-9;/h2*11-12,14H,4-10H2,1-3H3;7,9,13H,4-6H2,1-3H3;1H/t2*14-;9-;/m000./s1. The van der Waals surface area contributed by atoms with Crippen molar-refractivity contribution in [3.63, 3.8) is 0 Å². The normalized spacial score (nSPS) is 22.9. The molecule has 0 aliphatic carbocycles. The molecule has 61 heavy (non-hydrogen) atoms. The topological polar surface area (TPSA) is 127 Å².